The van der Waals surface area contributed by atoms with Gasteiger partial charge >= 0.3 is 0 Å². The number of benzene rings is 1. The van der Waals surface area contributed by atoms with E-state index < -0.39 is 0 Å². The Hall–Kier alpha value is -1.42. The molecule has 4 heteroatoms. The van der Waals surface area contributed by atoms with Gasteiger partial charge in [0.15, 0.2) is 0 Å². The summed E-state index contributed by atoms with van der Waals surface area (Å²) >= 11 is 3.45. The third-order valence-corrected chi connectivity index (χ3v) is 5.76. The maximum Gasteiger partial charge on any atom is 0.238 e. The lowest BCUT2D eigenvalue weighted by atomic mass is 9.85. The smallest absolute Gasteiger partial charge is 0.238 e. The number of carbonyl (C=O) groups is 2. The quantitative estimate of drug-likeness (QED) is 0.585. The molecule has 3 aliphatic rings. The SMILES string of the molecule is Cc1cc(N2C(=O)[C@@H]3[C@H](C2=O)[C@H]2C=C[C@@H]3C2)ccc1Br. The minimum Gasteiger partial charge on any atom is -0.274 e. The summed E-state index contributed by atoms with van der Waals surface area (Å²) in [5.74, 6) is 0.256. The van der Waals surface area contributed by atoms with Crippen molar-refractivity contribution >= 4 is 33.4 Å². The van der Waals surface area contributed by atoms with E-state index in [1.54, 1.807) is 0 Å². The topological polar surface area (TPSA) is 37.4 Å². The van der Waals surface area contributed by atoms with Crippen molar-refractivity contribution in [1.29, 1.82) is 0 Å². The van der Waals surface area contributed by atoms with Gasteiger partial charge in [0.2, 0.25) is 11.8 Å². The summed E-state index contributed by atoms with van der Waals surface area (Å²) in [6, 6.07) is 5.63. The van der Waals surface area contributed by atoms with Crippen molar-refractivity contribution in [2.75, 3.05) is 4.90 Å². The van der Waals surface area contributed by atoms with E-state index in [0.717, 1.165) is 16.5 Å². The summed E-state index contributed by atoms with van der Waals surface area (Å²) < 4.78 is 0.988. The molecule has 4 rings (SSSR count). The van der Waals surface area contributed by atoms with Gasteiger partial charge in [-0.2, -0.15) is 0 Å². The van der Waals surface area contributed by atoms with Crippen molar-refractivity contribution in [1.82, 2.24) is 0 Å². The maximum atomic E-state index is 12.6. The molecule has 102 valence electrons. The number of carbonyl (C=O) groups excluding carboxylic acids is 2. The lowest BCUT2D eigenvalue weighted by molar-refractivity contribution is -0.123. The molecular formula is C16H14BrNO2. The van der Waals surface area contributed by atoms with Gasteiger partial charge in [-0.1, -0.05) is 28.1 Å². The molecule has 0 unspecified atom stereocenters. The molecule has 2 fully saturated rings. The molecule has 0 radical (unpaired) electrons. The fourth-order valence-corrected chi connectivity index (χ4v) is 4.17. The highest BCUT2D eigenvalue weighted by Crippen LogP contribution is 2.53. The van der Waals surface area contributed by atoms with Crippen LogP contribution in [0.3, 0.4) is 0 Å². The number of rotatable bonds is 1. The molecule has 1 saturated carbocycles. The first kappa shape index (κ1) is 12.3. The third-order valence-electron chi connectivity index (χ3n) is 4.87. The Kier molecular flexibility index (Phi) is 2.49. The number of halogens is 1. The highest BCUT2D eigenvalue weighted by molar-refractivity contribution is 9.10. The largest absolute Gasteiger partial charge is 0.274 e. The molecule has 1 aliphatic heterocycles. The lowest BCUT2D eigenvalue weighted by Gasteiger charge is -2.18. The summed E-state index contributed by atoms with van der Waals surface area (Å²) in [7, 11) is 0. The van der Waals surface area contributed by atoms with Crippen LogP contribution < -0.4 is 4.90 Å². The monoisotopic (exact) mass is 331 g/mol. The first-order valence-corrected chi connectivity index (χ1v) is 7.69. The van der Waals surface area contributed by atoms with E-state index in [-0.39, 0.29) is 35.5 Å². The van der Waals surface area contributed by atoms with Crippen molar-refractivity contribution in [3.05, 3.63) is 40.4 Å². The number of anilines is 1. The summed E-state index contributed by atoms with van der Waals surface area (Å²) in [6.07, 6.45) is 5.21. The molecule has 2 aliphatic carbocycles. The van der Waals surface area contributed by atoms with Crippen LogP contribution in [0.15, 0.2) is 34.8 Å². The fourth-order valence-electron chi connectivity index (χ4n) is 3.92. The van der Waals surface area contributed by atoms with Crippen LogP contribution in [0.5, 0.6) is 0 Å². The van der Waals surface area contributed by atoms with Crippen molar-refractivity contribution in [2.24, 2.45) is 23.7 Å². The van der Waals surface area contributed by atoms with E-state index in [1.807, 2.05) is 25.1 Å². The van der Waals surface area contributed by atoms with Crippen molar-refractivity contribution in [3.8, 4) is 0 Å². The first-order valence-electron chi connectivity index (χ1n) is 6.90. The number of imide groups is 1. The molecule has 0 N–H and O–H groups in total. The van der Waals surface area contributed by atoms with Crippen LogP contribution in [-0.4, -0.2) is 11.8 Å². The minimum absolute atomic E-state index is 0.0152. The van der Waals surface area contributed by atoms with Gasteiger partial charge < -0.3 is 0 Å². The normalized spacial score (nSPS) is 34.2. The van der Waals surface area contributed by atoms with Crippen molar-refractivity contribution in [2.45, 2.75) is 13.3 Å². The molecule has 2 amide bonds. The van der Waals surface area contributed by atoms with E-state index in [1.165, 1.54) is 4.90 Å². The van der Waals surface area contributed by atoms with E-state index in [2.05, 4.69) is 28.1 Å². The van der Waals surface area contributed by atoms with E-state index >= 15 is 0 Å². The van der Waals surface area contributed by atoms with E-state index in [4.69, 9.17) is 0 Å². The van der Waals surface area contributed by atoms with Crippen molar-refractivity contribution < 1.29 is 9.59 Å². The second kappa shape index (κ2) is 4.04. The molecule has 2 bridgehead atoms. The van der Waals surface area contributed by atoms with E-state index in [0.29, 0.717) is 5.69 Å². The van der Waals surface area contributed by atoms with Gasteiger partial charge in [-0.25, -0.2) is 0 Å². The second-order valence-electron chi connectivity index (χ2n) is 5.95. The van der Waals surface area contributed by atoms with Gasteiger partial charge in [-0.3, -0.25) is 14.5 Å². The molecule has 1 heterocycles. The fraction of sp³-hybridized carbons (Fsp3) is 0.375. The van der Waals surface area contributed by atoms with Gasteiger partial charge in [0, 0.05) is 4.47 Å². The second-order valence-corrected chi connectivity index (χ2v) is 6.80. The van der Waals surface area contributed by atoms with Gasteiger partial charge in [-0.05, 0) is 48.9 Å². The molecule has 0 aromatic heterocycles. The molecule has 1 saturated heterocycles. The Morgan fingerprint density at radius 3 is 2.25 bits per heavy atom. The van der Waals surface area contributed by atoms with Gasteiger partial charge in [0.1, 0.15) is 0 Å². The zero-order valence-electron chi connectivity index (χ0n) is 11.0. The van der Waals surface area contributed by atoms with Crippen LogP contribution in [0.1, 0.15) is 12.0 Å². The molecule has 4 atom stereocenters. The average Bonchev–Trinajstić information content (AvgIpc) is 3.08. The number of nitrogens with zero attached hydrogens (tertiary/aromatic N) is 1. The van der Waals surface area contributed by atoms with Gasteiger partial charge in [-0.15, -0.1) is 0 Å². The van der Waals surface area contributed by atoms with Gasteiger partial charge in [0.25, 0.3) is 0 Å². The van der Waals surface area contributed by atoms with Crippen LogP contribution in [0.25, 0.3) is 0 Å². The van der Waals surface area contributed by atoms with Gasteiger partial charge in [0.05, 0.1) is 17.5 Å². The number of amides is 2. The number of hydrogen-bond acceptors (Lipinski definition) is 2. The molecule has 1 aromatic rings. The Morgan fingerprint density at radius 1 is 1.10 bits per heavy atom. The molecule has 3 nitrogen and oxygen atoms in total. The highest BCUT2D eigenvalue weighted by Gasteiger charge is 2.59. The molecular weight excluding hydrogens is 318 g/mol. The minimum atomic E-state index is -0.124. The summed E-state index contributed by atoms with van der Waals surface area (Å²) in [6.45, 7) is 1.96. The number of hydrogen-bond donors (Lipinski definition) is 0. The average molecular weight is 332 g/mol. The Bertz CT molecular complexity index is 636. The standard InChI is InChI=1S/C16H14BrNO2/c1-8-6-11(4-5-12(8)17)18-15(19)13-9-2-3-10(7-9)14(13)16(18)20/h2-6,9-10,13-14H,7H2,1H3/t9-,10+,13+,14-. The summed E-state index contributed by atoms with van der Waals surface area (Å²) in [5.41, 5.74) is 1.73. The Morgan fingerprint density at radius 2 is 1.70 bits per heavy atom. The third kappa shape index (κ3) is 1.46. The number of aryl methyl sites for hydroxylation is 1. The molecule has 20 heavy (non-hydrogen) atoms. The maximum absolute atomic E-state index is 12.6. The predicted octanol–water partition coefficient (Wildman–Crippen LogP) is 3.07. The summed E-state index contributed by atoms with van der Waals surface area (Å²) in [4.78, 5) is 26.7. The number of allylic oxidation sites excluding steroid dienone is 2. The molecule has 0 spiro atoms. The Labute approximate surface area is 125 Å². The Balaban J connectivity index is 1.76. The van der Waals surface area contributed by atoms with Crippen LogP contribution in [0, 0.1) is 30.6 Å². The van der Waals surface area contributed by atoms with Crippen LogP contribution >= 0.6 is 15.9 Å². The highest BCUT2D eigenvalue weighted by atomic mass is 79.9. The van der Waals surface area contributed by atoms with Crippen LogP contribution in [0.2, 0.25) is 0 Å². The summed E-state index contributed by atoms with van der Waals surface area (Å²) in [5, 5.41) is 0. The van der Waals surface area contributed by atoms with E-state index in [9.17, 15) is 9.59 Å². The van der Waals surface area contributed by atoms with Crippen LogP contribution in [-0.2, 0) is 9.59 Å². The molecule has 1 aromatic carbocycles. The first-order chi connectivity index (χ1) is 9.58. The van der Waals surface area contributed by atoms with Crippen LogP contribution in [0.4, 0.5) is 5.69 Å². The lowest BCUT2D eigenvalue weighted by Crippen LogP contribution is -2.32. The zero-order chi connectivity index (χ0) is 14.0. The van der Waals surface area contributed by atoms with Crippen molar-refractivity contribution in [3.63, 3.8) is 0 Å². The predicted molar refractivity (Wildman–Crippen MR) is 79.1 cm³/mol. The number of fused-ring (bicyclic) bond motifs is 5. The zero-order valence-corrected chi connectivity index (χ0v) is 12.6.